The molecule has 0 radical (unpaired) electrons. The molecule has 1 fully saturated rings. The molecule has 8 aromatic rings. The minimum Gasteiger partial charge on any atom is -0.497 e. The first kappa shape index (κ1) is 52.3. The van der Waals surface area contributed by atoms with E-state index in [4.69, 9.17) is 9.47 Å². The van der Waals surface area contributed by atoms with Crippen LogP contribution in [0.4, 0.5) is 32.0 Å². The molecule has 5 nitrogen and oxygen atoms in total. The van der Waals surface area contributed by atoms with Crippen molar-refractivity contribution < 1.29 is 45.3 Å². The second kappa shape index (κ2) is 20.5. The molecule has 3 aliphatic rings. The fourth-order valence-corrected chi connectivity index (χ4v) is 12.3. The van der Waals surface area contributed by atoms with Crippen LogP contribution in [0.3, 0.4) is 0 Å². The first-order valence-corrected chi connectivity index (χ1v) is 26.8. The number of benzene rings is 8. The topological polar surface area (TPSA) is 56.8 Å². The summed E-state index contributed by atoms with van der Waals surface area (Å²) >= 11 is 0. The average Bonchev–Trinajstić information content (AvgIpc) is 3.79. The van der Waals surface area contributed by atoms with Crippen molar-refractivity contribution in [1.29, 1.82) is 0 Å². The molecule has 0 saturated heterocycles. The molecule has 8 aromatic carbocycles. The van der Waals surface area contributed by atoms with Crippen LogP contribution in [0.25, 0.3) is 38.6 Å². The van der Waals surface area contributed by atoms with Gasteiger partial charge in [-0.3, -0.25) is 4.79 Å². The average molecular weight is 1060 g/mol. The minimum atomic E-state index is -4.96. The highest BCUT2D eigenvalue weighted by atomic mass is 19.4. The van der Waals surface area contributed by atoms with Crippen LogP contribution in [0.1, 0.15) is 133 Å². The number of carbonyl (C=O) groups excluding carboxylic acids is 1. The van der Waals surface area contributed by atoms with Gasteiger partial charge in [0.1, 0.15) is 17.2 Å². The quantitative estimate of drug-likeness (QED) is 0.0923. The third-order valence-electron chi connectivity index (χ3n) is 16.4. The Bertz CT molecular complexity index is 3540. The molecule has 0 spiro atoms. The second-order valence-electron chi connectivity index (χ2n) is 21.5. The van der Waals surface area contributed by atoms with Crippen molar-refractivity contribution in [3.05, 3.63) is 220 Å². The number of nitrogens with one attached hydrogen (secondary N) is 1. The second-order valence-corrected chi connectivity index (χ2v) is 21.5. The van der Waals surface area contributed by atoms with Crippen molar-refractivity contribution in [2.24, 2.45) is 5.92 Å². The van der Waals surface area contributed by atoms with E-state index in [1.165, 1.54) is 94.4 Å². The number of alkyl halides is 6. The van der Waals surface area contributed by atoms with E-state index in [0.29, 0.717) is 56.1 Å². The van der Waals surface area contributed by atoms with Gasteiger partial charge in [0.2, 0.25) is 0 Å². The summed E-state index contributed by atoms with van der Waals surface area (Å²) < 4.78 is 102. The molecule has 11 heteroatoms. The standard InChI is InChI=1S/C67H59F6NO4/c1-5-6-7-10-41-13-15-42(16-14-41)43-17-19-44(20-18-43)45-21-23-47(24-22-45)63(75)74-51-32-25-46(26-33-51)57-40-65(48-27-34-52(76-4)35-28-48,49-29-36-53(37-30-49)77-67(71,72)73)78-62-56-39-50(66(68,69)70)31-38-54(56)59-55-11-8-9-12-58(55)64(2,3)61(59)60(57)62/h8-9,11-12,17-42H,5-7,10,13-16H2,1-4H3,(H,74,75). The van der Waals surface area contributed by atoms with Gasteiger partial charge in [-0.05, 0) is 160 Å². The van der Waals surface area contributed by atoms with Crippen molar-refractivity contribution in [2.75, 3.05) is 12.4 Å². The highest BCUT2D eigenvalue weighted by molar-refractivity contribution is 6.11. The number of halogens is 6. The van der Waals surface area contributed by atoms with Gasteiger partial charge in [-0.1, -0.05) is 150 Å². The van der Waals surface area contributed by atoms with Crippen LogP contribution >= 0.6 is 0 Å². The Kier molecular flexibility index (Phi) is 13.8. The molecule has 78 heavy (non-hydrogen) atoms. The molecular formula is C67H59F6NO4. The zero-order chi connectivity index (χ0) is 54.6. The van der Waals surface area contributed by atoms with Gasteiger partial charge in [0.05, 0.1) is 12.7 Å². The number of fused-ring (bicyclic) bond motifs is 8. The fraction of sp³-hybridized carbons (Fsp3) is 0.269. The summed E-state index contributed by atoms with van der Waals surface area (Å²) in [4.78, 5) is 13.9. The number of amides is 1. The molecule has 1 heterocycles. The lowest BCUT2D eigenvalue weighted by molar-refractivity contribution is -0.274. The molecule has 1 amide bonds. The van der Waals surface area contributed by atoms with Crippen LogP contribution in [-0.4, -0.2) is 19.4 Å². The first-order valence-electron chi connectivity index (χ1n) is 26.8. The van der Waals surface area contributed by atoms with Gasteiger partial charge in [-0.25, -0.2) is 0 Å². The predicted octanol–water partition coefficient (Wildman–Crippen LogP) is 18.6. The molecule has 1 N–H and O–H groups in total. The normalized spacial score (nSPS) is 18.5. The lowest BCUT2D eigenvalue weighted by Crippen LogP contribution is -2.36. The zero-order valence-electron chi connectivity index (χ0n) is 43.9. The molecule has 1 saturated carbocycles. The van der Waals surface area contributed by atoms with Gasteiger partial charge < -0.3 is 19.5 Å². The Labute approximate surface area is 450 Å². The molecule has 11 rings (SSSR count). The molecule has 1 unspecified atom stereocenters. The van der Waals surface area contributed by atoms with E-state index in [-0.39, 0.29) is 17.0 Å². The van der Waals surface area contributed by atoms with Gasteiger partial charge in [-0.15, -0.1) is 13.2 Å². The van der Waals surface area contributed by atoms with Crippen molar-refractivity contribution in [1.82, 2.24) is 0 Å². The van der Waals surface area contributed by atoms with Crippen molar-refractivity contribution >= 4 is 27.9 Å². The van der Waals surface area contributed by atoms with E-state index in [1.807, 2.05) is 66.7 Å². The van der Waals surface area contributed by atoms with Gasteiger partial charge in [0, 0.05) is 38.7 Å². The number of hydrogen-bond donors (Lipinski definition) is 1. The Morgan fingerprint density at radius 2 is 1.28 bits per heavy atom. The third-order valence-corrected chi connectivity index (χ3v) is 16.4. The predicted molar refractivity (Wildman–Crippen MR) is 296 cm³/mol. The van der Waals surface area contributed by atoms with E-state index >= 15 is 0 Å². The van der Waals surface area contributed by atoms with Crippen LogP contribution in [0.2, 0.25) is 0 Å². The number of ether oxygens (including phenoxy) is 3. The number of methoxy groups -OCH3 is 1. The van der Waals surface area contributed by atoms with Crippen LogP contribution in [0.5, 0.6) is 17.2 Å². The van der Waals surface area contributed by atoms with Gasteiger partial charge in [0.25, 0.3) is 5.91 Å². The maximum atomic E-state index is 14.9. The van der Waals surface area contributed by atoms with E-state index < -0.39 is 34.9 Å². The van der Waals surface area contributed by atoms with Crippen LogP contribution < -0.4 is 19.5 Å². The van der Waals surface area contributed by atoms with E-state index in [2.05, 4.69) is 55.1 Å². The number of hydrogen-bond acceptors (Lipinski definition) is 4. The van der Waals surface area contributed by atoms with Gasteiger partial charge in [-0.2, -0.15) is 13.2 Å². The smallest absolute Gasteiger partial charge is 0.497 e. The molecule has 1 aliphatic heterocycles. The molecule has 2 aliphatic carbocycles. The summed E-state index contributed by atoms with van der Waals surface area (Å²) in [7, 11) is 1.52. The van der Waals surface area contributed by atoms with Gasteiger partial charge >= 0.3 is 12.5 Å². The van der Waals surface area contributed by atoms with Crippen molar-refractivity contribution in [3.8, 4) is 39.5 Å². The fourth-order valence-electron chi connectivity index (χ4n) is 12.3. The first-order chi connectivity index (χ1) is 37.4. The number of unbranched alkanes of at least 4 members (excludes halogenated alkanes) is 2. The maximum Gasteiger partial charge on any atom is 0.573 e. The lowest BCUT2D eigenvalue weighted by Gasteiger charge is -2.41. The van der Waals surface area contributed by atoms with Crippen molar-refractivity contribution in [2.45, 2.75) is 102 Å². The zero-order valence-corrected chi connectivity index (χ0v) is 43.9. The Morgan fingerprint density at radius 1 is 0.667 bits per heavy atom. The summed E-state index contributed by atoms with van der Waals surface area (Å²) in [6.07, 6.45) is 2.57. The summed E-state index contributed by atoms with van der Waals surface area (Å²) in [5, 5.41) is 3.78. The van der Waals surface area contributed by atoms with Crippen LogP contribution in [0.15, 0.2) is 170 Å². The SMILES string of the molecule is CCCCCC1CCC(c2ccc(-c3ccc(C(=O)Nc4ccc(C5=CC(c6ccc(OC)cc6)(c6ccc(OC(F)(F)F)cc6)Oc6c5c5c(c7ccc(C(F)(F)F)cc67)-c6ccccc6C5(C)C)cc4)cc3)cc2)CC1. The Balaban J connectivity index is 0.974. The van der Waals surface area contributed by atoms with Crippen LogP contribution in [-0.2, 0) is 17.2 Å². The summed E-state index contributed by atoms with van der Waals surface area (Å²) in [6, 6.07) is 47.4. The summed E-state index contributed by atoms with van der Waals surface area (Å²) in [6.45, 7) is 6.42. The number of carbonyl (C=O) groups is 1. The van der Waals surface area contributed by atoms with E-state index in [0.717, 1.165) is 51.4 Å². The summed E-state index contributed by atoms with van der Waals surface area (Å²) in [5.41, 5.74) is 7.32. The number of rotatable bonds is 13. The highest BCUT2D eigenvalue weighted by Crippen LogP contribution is 2.61. The van der Waals surface area contributed by atoms with Crippen LogP contribution in [0, 0.1) is 5.92 Å². The molecule has 1 atom stereocenters. The Morgan fingerprint density at radius 3 is 1.90 bits per heavy atom. The molecule has 0 aromatic heterocycles. The van der Waals surface area contributed by atoms with E-state index in [1.54, 1.807) is 36.4 Å². The summed E-state index contributed by atoms with van der Waals surface area (Å²) in [5.74, 6) is 1.34. The highest BCUT2D eigenvalue weighted by Gasteiger charge is 2.47. The monoisotopic (exact) mass is 1060 g/mol. The molecular weight excluding hydrogens is 997 g/mol. The maximum absolute atomic E-state index is 14.9. The van der Waals surface area contributed by atoms with E-state index in [9.17, 15) is 31.1 Å². The number of anilines is 1. The minimum absolute atomic E-state index is 0.159. The van der Waals surface area contributed by atoms with Gasteiger partial charge in [0.15, 0.2) is 5.60 Å². The Hall–Kier alpha value is -7.79. The largest absolute Gasteiger partial charge is 0.573 e. The van der Waals surface area contributed by atoms with Crippen molar-refractivity contribution in [3.63, 3.8) is 0 Å². The third kappa shape index (κ3) is 9.92. The molecule has 0 bridgehead atoms. The molecule has 398 valence electrons. The lowest BCUT2D eigenvalue weighted by atomic mass is 9.73.